The Balaban J connectivity index is 1.61. The second-order valence-corrected chi connectivity index (χ2v) is 8.11. The number of amides is 1. The molecule has 0 aliphatic heterocycles. The molecular formula is C19H22N6O2S. The Hall–Kier alpha value is -2.68. The number of carbonyl (C=O) groups is 1. The van der Waals surface area contributed by atoms with Crippen LogP contribution in [0.1, 0.15) is 63.0 Å². The molecule has 0 radical (unpaired) electrons. The highest BCUT2D eigenvalue weighted by Crippen LogP contribution is 2.41. The average molecular weight is 398 g/mol. The first-order valence-electron chi connectivity index (χ1n) is 9.30. The molecule has 1 aromatic carbocycles. The van der Waals surface area contributed by atoms with Crippen LogP contribution in [0.25, 0.3) is 5.69 Å². The molecule has 1 aliphatic carbocycles. The molecule has 4 rings (SSSR count). The van der Waals surface area contributed by atoms with E-state index in [2.05, 4.69) is 30.2 Å². The number of aromatic nitrogens is 5. The topological polar surface area (TPSA) is 98.7 Å². The minimum atomic E-state index is -0.102. The molecule has 3 aromatic rings. The number of nitrogens with zero attached hydrogens (tertiary/aromatic N) is 5. The van der Waals surface area contributed by atoms with Crippen molar-refractivity contribution in [2.75, 3.05) is 5.32 Å². The quantitative estimate of drug-likeness (QED) is 0.603. The smallest absolute Gasteiger partial charge is 0.237 e. The Morgan fingerprint density at radius 2 is 2.18 bits per heavy atom. The van der Waals surface area contributed by atoms with Crippen LogP contribution in [0.5, 0.6) is 0 Å². The third-order valence-electron chi connectivity index (χ3n) is 4.35. The third kappa shape index (κ3) is 4.09. The lowest BCUT2D eigenvalue weighted by molar-refractivity contribution is -0.114. The maximum Gasteiger partial charge on any atom is 0.237 e. The molecule has 0 unspecified atom stereocenters. The minimum absolute atomic E-state index is 0.102. The van der Waals surface area contributed by atoms with Gasteiger partial charge in [-0.2, -0.15) is 4.98 Å². The summed E-state index contributed by atoms with van der Waals surface area (Å²) in [5, 5.41) is 16.4. The zero-order valence-electron chi connectivity index (χ0n) is 16.0. The van der Waals surface area contributed by atoms with Crippen LogP contribution in [0.2, 0.25) is 0 Å². The van der Waals surface area contributed by atoms with Crippen LogP contribution in [-0.2, 0) is 10.5 Å². The summed E-state index contributed by atoms with van der Waals surface area (Å²) in [6.45, 7) is 5.56. The third-order valence-corrected chi connectivity index (χ3v) is 5.26. The van der Waals surface area contributed by atoms with Crippen LogP contribution >= 0.6 is 11.8 Å². The van der Waals surface area contributed by atoms with Gasteiger partial charge in [0.15, 0.2) is 11.0 Å². The van der Waals surface area contributed by atoms with Crippen LogP contribution in [-0.4, -0.2) is 30.8 Å². The van der Waals surface area contributed by atoms with Crippen molar-refractivity contribution in [3.8, 4) is 5.69 Å². The van der Waals surface area contributed by atoms with E-state index in [4.69, 9.17) is 4.52 Å². The lowest BCUT2D eigenvalue weighted by Crippen LogP contribution is -2.07. The molecule has 146 valence electrons. The van der Waals surface area contributed by atoms with Crippen LogP contribution < -0.4 is 5.32 Å². The summed E-state index contributed by atoms with van der Waals surface area (Å²) in [4.78, 5) is 15.8. The van der Waals surface area contributed by atoms with Crippen LogP contribution in [0.15, 0.2) is 33.9 Å². The Morgan fingerprint density at radius 3 is 2.86 bits per heavy atom. The SMILES string of the molecule is CC(=O)Nc1cccc(-n2c(SCc3nc(C(C)C)no3)nnc2C2CC2)c1. The molecule has 2 aromatic heterocycles. The molecule has 0 saturated heterocycles. The zero-order valence-corrected chi connectivity index (χ0v) is 16.9. The van der Waals surface area contributed by atoms with Gasteiger partial charge >= 0.3 is 0 Å². The second-order valence-electron chi connectivity index (χ2n) is 7.17. The van der Waals surface area contributed by atoms with Gasteiger partial charge in [0.2, 0.25) is 11.8 Å². The average Bonchev–Trinajstić information content (AvgIpc) is 3.23. The van der Waals surface area contributed by atoms with Crippen molar-refractivity contribution in [3.63, 3.8) is 0 Å². The van der Waals surface area contributed by atoms with E-state index in [1.54, 1.807) is 0 Å². The molecule has 8 nitrogen and oxygen atoms in total. The highest BCUT2D eigenvalue weighted by molar-refractivity contribution is 7.98. The summed E-state index contributed by atoms with van der Waals surface area (Å²) in [7, 11) is 0. The number of thioether (sulfide) groups is 1. The van der Waals surface area contributed by atoms with E-state index in [0.29, 0.717) is 23.4 Å². The van der Waals surface area contributed by atoms with Crippen molar-refractivity contribution < 1.29 is 9.32 Å². The van der Waals surface area contributed by atoms with E-state index < -0.39 is 0 Å². The molecule has 0 bridgehead atoms. The molecule has 1 fully saturated rings. The first-order chi connectivity index (χ1) is 13.5. The van der Waals surface area contributed by atoms with Crippen LogP contribution in [0.3, 0.4) is 0 Å². The van der Waals surface area contributed by atoms with Crippen molar-refractivity contribution in [1.29, 1.82) is 0 Å². The van der Waals surface area contributed by atoms with Gasteiger partial charge in [-0.15, -0.1) is 10.2 Å². The first-order valence-corrected chi connectivity index (χ1v) is 10.3. The van der Waals surface area contributed by atoms with Gasteiger partial charge < -0.3 is 9.84 Å². The molecule has 28 heavy (non-hydrogen) atoms. The summed E-state index contributed by atoms with van der Waals surface area (Å²) in [6.07, 6.45) is 2.24. The molecule has 2 heterocycles. The van der Waals surface area contributed by atoms with E-state index in [1.165, 1.54) is 18.7 Å². The predicted molar refractivity (Wildman–Crippen MR) is 106 cm³/mol. The van der Waals surface area contributed by atoms with E-state index in [1.807, 2.05) is 38.1 Å². The number of benzene rings is 1. The number of rotatable bonds is 7. The summed E-state index contributed by atoms with van der Waals surface area (Å²) in [6, 6.07) is 7.71. The van der Waals surface area contributed by atoms with Crippen molar-refractivity contribution in [1.82, 2.24) is 24.9 Å². The molecular weight excluding hydrogens is 376 g/mol. The van der Waals surface area contributed by atoms with Gasteiger partial charge in [-0.05, 0) is 31.0 Å². The van der Waals surface area contributed by atoms with Crippen molar-refractivity contribution in [2.24, 2.45) is 0 Å². The lowest BCUT2D eigenvalue weighted by Gasteiger charge is -2.11. The van der Waals surface area contributed by atoms with Gasteiger partial charge in [0.05, 0.1) is 11.4 Å². The fraction of sp³-hybridized carbons (Fsp3) is 0.421. The molecule has 1 aliphatic rings. The Kier molecular flexibility index (Phi) is 5.17. The fourth-order valence-electron chi connectivity index (χ4n) is 2.84. The first kappa shape index (κ1) is 18.7. The second kappa shape index (κ2) is 7.75. The maximum absolute atomic E-state index is 11.4. The van der Waals surface area contributed by atoms with Crippen molar-refractivity contribution in [2.45, 2.75) is 56.4 Å². The van der Waals surface area contributed by atoms with Gasteiger partial charge in [-0.1, -0.05) is 36.8 Å². The molecule has 0 spiro atoms. The van der Waals surface area contributed by atoms with Gasteiger partial charge in [0.25, 0.3) is 0 Å². The van der Waals surface area contributed by atoms with E-state index in [-0.39, 0.29) is 11.8 Å². The summed E-state index contributed by atoms with van der Waals surface area (Å²) < 4.78 is 7.40. The van der Waals surface area contributed by atoms with E-state index in [9.17, 15) is 4.79 Å². The van der Waals surface area contributed by atoms with Crippen LogP contribution in [0.4, 0.5) is 5.69 Å². The fourth-order valence-corrected chi connectivity index (χ4v) is 3.63. The number of anilines is 1. The van der Waals surface area contributed by atoms with Crippen molar-refractivity contribution in [3.05, 3.63) is 41.8 Å². The predicted octanol–water partition coefficient (Wildman–Crippen LogP) is 3.90. The lowest BCUT2D eigenvalue weighted by atomic mass is 10.2. The maximum atomic E-state index is 11.4. The minimum Gasteiger partial charge on any atom is -0.338 e. The summed E-state index contributed by atoms with van der Waals surface area (Å²) in [5.41, 5.74) is 1.67. The van der Waals surface area contributed by atoms with Gasteiger partial charge in [0, 0.05) is 24.4 Å². The summed E-state index contributed by atoms with van der Waals surface area (Å²) >= 11 is 1.51. The number of carbonyl (C=O) groups excluding carboxylic acids is 1. The van der Waals surface area contributed by atoms with Gasteiger partial charge in [-0.25, -0.2) is 0 Å². The normalized spacial score (nSPS) is 13.9. The Morgan fingerprint density at radius 1 is 1.36 bits per heavy atom. The van der Waals surface area contributed by atoms with Gasteiger partial charge in [-0.3, -0.25) is 9.36 Å². The van der Waals surface area contributed by atoms with E-state index in [0.717, 1.165) is 35.2 Å². The number of hydrogen-bond acceptors (Lipinski definition) is 7. The zero-order chi connectivity index (χ0) is 19.7. The number of nitrogens with one attached hydrogen (secondary N) is 1. The highest BCUT2D eigenvalue weighted by atomic mass is 32.2. The van der Waals surface area contributed by atoms with Crippen LogP contribution in [0, 0.1) is 0 Å². The van der Waals surface area contributed by atoms with E-state index >= 15 is 0 Å². The largest absolute Gasteiger partial charge is 0.338 e. The Bertz CT molecular complexity index is 992. The van der Waals surface area contributed by atoms with Crippen molar-refractivity contribution >= 4 is 23.4 Å². The standard InChI is InChI=1S/C19H22N6O2S/c1-11(2)17-21-16(27-24-17)10-28-19-23-22-18(13-7-8-13)25(19)15-6-4-5-14(9-15)20-12(3)26/h4-6,9,11,13H,7-8,10H2,1-3H3,(H,20,26). The monoisotopic (exact) mass is 398 g/mol. The molecule has 0 atom stereocenters. The van der Waals surface area contributed by atoms with Gasteiger partial charge in [0.1, 0.15) is 5.82 Å². The molecule has 9 heteroatoms. The molecule has 1 saturated carbocycles. The molecule has 1 N–H and O–H groups in total. The number of hydrogen-bond donors (Lipinski definition) is 1. The Labute approximate surface area is 167 Å². The highest BCUT2D eigenvalue weighted by Gasteiger charge is 2.31. The molecule has 1 amide bonds. The summed E-state index contributed by atoms with van der Waals surface area (Å²) in [5.74, 6) is 3.31.